The van der Waals surface area contributed by atoms with E-state index in [1.54, 1.807) is 29.2 Å². The van der Waals surface area contributed by atoms with Crippen molar-refractivity contribution in [3.63, 3.8) is 0 Å². The number of halogens is 2. The van der Waals surface area contributed by atoms with Crippen LogP contribution in [0.25, 0.3) is 11.3 Å². The summed E-state index contributed by atoms with van der Waals surface area (Å²) in [7, 11) is 1.31. The van der Waals surface area contributed by atoms with E-state index < -0.39 is 17.4 Å². The van der Waals surface area contributed by atoms with E-state index in [1.165, 1.54) is 13.2 Å². The fourth-order valence-electron chi connectivity index (χ4n) is 4.52. The lowest BCUT2D eigenvalue weighted by Gasteiger charge is -2.45. The third-order valence-corrected chi connectivity index (χ3v) is 6.89. The SMILES string of the molecule is COC(=O)C/N=C(\c1cc(Cl)c(-c2ccccc2F)nc1NCC(C)(C)C)N1C[C@@H](C)N(C(=O)OC(C)(C)C)C[C@@H]1C. The summed E-state index contributed by atoms with van der Waals surface area (Å²) in [6.45, 7) is 16.8. The van der Waals surface area contributed by atoms with E-state index in [0.29, 0.717) is 42.5 Å². The van der Waals surface area contributed by atoms with Crippen molar-refractivity contribution >= 4 is 35.3 Å². The second-order valence-electron chi connectivity index (χ2n) is 12.8. The van der Waals surface area contributed by atoms with Crippen LogP contribution in [-0.2, 0) is 14.3 Å². The zero-order valence-corrected chi connectivity index (χ0v) is 26.8. The maximum Gasteiger partial charge on any atom is 0.410 e. The molecule has 0 bridgehead atoms. The minimum absolute atomic E-state index is 0.110. The van der Waals surface area contributed by atoms with Crippen LogP contribution in [0.3, 0.4) is 0 Å². The van der Waals surface area contributed by atoms with Gasteiger partial charge in [0.05, 0.1) is 23.4 Å². The molecule has 230 valence electrons. The zero-order chi connectivity index (χ0) is 31.4. The van der Waals surface area contributed by atoms with Gasteiger partial charge in [0.1, 0.15) is 29.6 Å². The minimum Gasteiger partial charge on any atom is -0.468 e. The van der Waals surface area contributed by atoms with Gasteiger partial charge in [0, 0.05) is 37.3 Å². The monoisotopic (exact) mass is 603 g/mol. The number of ether oxygens (including phenoxy) is 2. The summed E-state index contributed by atoms with van der Waals surface area (Å²) < 4.78 is 25.3. The Morgan fingerprint density at radius 3 is 2.31 bits per heavy atom. The predicted molar refractivity (Wildman–Crippen MR) is 165 cm³/mol. The molecule has 1 amide bonds. The zero-order valence-electron chi connectivity index (χ0n) is 26.0. The highest BCUT2D eigenvalue weighted by Crippen LogP contribution is 2.34. The fourth-order valence-corrected chi connectivity index (χ4v) is 4.77. The van der Waals surface area contributed by atoms with Crippen LogP contribution in [0.5, 0.6) is 0 Å². The van der Waals surface area contributed by atoms with E-state index in [4.69, 9.17) is 26.1 Å². The van der Waals surface area contributed by atoms with Gasteiger partial charge in [-0.3, -0.25) is 9.79 Å². The summed E-state index contributed by atoms with van der Waals surface area (Å²) in [5.41, 5.74) is 0.381. The van der Waals surface area contributed by atoms with Crippen molar-refractivity contribution < 1.29 is 23.5 Å². The summed E-state index contributed by atoms with van der Waals surface area (Å²) in [5.74, 6) is -0.0337. The number of nitrogens with one attached hydrogen (secondary N) is 1. The molecule has 9 nitrogen and oxygen atoms in total. The number of amides is 1. The molecule has 1 aliphatic rings. The van der Waals surface area contributed by atoms with E-state index in [2.05, 4.69) is 31.1 Å². The lowest BCUT2D eigenvalue weighted by molar-refractivity contribution is -0.138. The number of nitrogens with zero attached hydrogens (tertiary/aromatic N) is 4. The summed E-state index contributed by atoms with van der Waals surface area (Å²) in [6.07, 6.45) is -0.388. The molecule has 0 spiro atoms. The number of esters is 1. The minimum atomic E-state index is -0.625. The Bertz CT molecular complexity index is 1320. The van der Waals surface area contributed by atoms with E-state index in [-0.39, 0.29) is 40.7 Å². The van der Waals surface area contributed by atoms with E-state index >= 15 is 0 Å². The Kier molecular flexibility index (Phi) is 10.5. The van der Waals surface area contributed by atoms with Gasteiger partial charge in [0.2, 0.25) is 0 Å². The van der Waals surface area contributed by atoms with Gasteiger partial charge in [-0.25, -0.2) is 14.2 Å². The Morgan fingerprint density at radius 2 is 1.71 bits per heavy atom. The molecule has 42 heavy (non-hydrogen) atoms. The summed E-state index contributed by atoms with van der Waals surface area (Å²) in [4.78, 5) is 38.4. The van der Waals surface area contributed by atoms with Gasteiger partial charge in [0.25, 0.3) is 0 Å². The molecule has 1 aromatic heterocycles. The first kappa shape index (κ1) is 33.1. The molecule has 11 heteroatoms. The van der Waals surface area contributed by atoms with Gasteiger partial charge in [-0.2, -0.15) is 0 Å². The van der Waals surface area contributed by atoms with Crippen LogP contribution in [0.15, 0.2) is 35.3 Å². The molecular weight excluding hydrogens is 561 g/mol. The Labute approximate surface area is 253 Å². The molecule has 0 radical (unpaired) electrons. The normalized spacial score (nSPS) is 18.1. The van der Waals surface area contributed by atoms with Crippen LogP contribution < -0.4 is 5.32 Å². The van der Waals surface area contributed by atoms with Crippen molar-refractivity contribution in [3.8, 4) is 11.3 Å². The van der Waals surface area contributed by atoms with Crippen LogP contribution >= 0.6 is 11.6 Å². The van der Waals surface area contributed by atoms with Crippen LogP contribution in [0.4, 0.5) is 15.0 Å². The number of methoxy groups -OCH3 is 1. The molecular formula is C31H43ClFN5O4. The number of hydrogen-bond acceptors (Lipinski definition) is 7. The first-order valence-electron chi connectivity index (χ1n) is 14.1. The van der Waals surface area contributed by atoms with Crippen molar-refractivity contribution in [2.45, 2.75) is 73.1 Å². The maximum atomic E-state index is 14.8. The van der Waals surface area contributed by atoms with Gasteiger partial charge in [0.15, 0.2) is 0 Å². The standard InChI is InChI=1S/C31H43ClFN5O4/c1-19-17-38(29(40)42-31(6,7)8)20(2)16-37(19)28(34-15-25(39)41-9)22-14-23(32)26(21-12-10-11-13-24(21)33)36-27(22)35-18-30(3,4)5/h10-14,19-20H,15-18H2,1-9H3,(H,35,36)/b34-28+/t19-,20+/m0/s1. The number of carbonyl (C=O) groups excluding carboxylic acids is 2. The topological polar surface area (TPSA) is 96.4 Å². The highest BCUT2D eigenvalue weighted by molar-refractivity contribution is 6.33. The maximum absolute atomic E-state index is 14.8. The first-order chi connectivity index (χ1) is 19.5. The molecule has 1 N–H and O–H groups in total. The highest BCUT2D eigenvalue weighted by Gasteiger charge is 2.37. The van der Waals surface area contributed by atoms with Crippen LogP contribution in [0, 0.1) is 11.2 Å². The summed E-state index contributed by atoms with van der Waals surface area (Å²) in [5, 5.41) is 3.64. The number of benzene rings is 1. The van der Waals surface area contributed by atoms with Gasteiger partial charge < -0.3 is 24.6 Å². The Morgan fingerprint density at radius 1 is 1.10 bits per heavy atom. The van der Waals surface area contributed by atoms with Gasteiger partial charge in [-0.15, -0.1) is 0 Å². The van der Waals surface area contributed by atoms with Crippen LogP contribution in [0.1, 0.15) is 61.0 Å². The molecule has 1 saturated heterocycles. The molecule has 0 saturated carbocycles. The number of piperazine rings is 1. The van der Waals surface area contributed by atoms with E-state index in [1.807, 2.05) is 39.5 Å². The first-order valence-corrected chi connectivity index (χ1v) is 14.5. The second-order valence-corrected chi connectivity index (χ2v) is 13.2. The van der Waals surface area contributed by atoms with Crippen molar-refractivity contribution in [3.05, 3.63) is 46.7 Å². The lowest BCUT2D eigenvalue weighted by Crippen LogP contribution is -2.60. The smallest absolute Gasteiger partial charge is 0.410 e. The van der Waals surface area contributed by atoms with Crippen molar-refractivity contribution in [1.29, 1.82) is 0 Å². The van der Waals surface area contributed by atoms with E-state index in [0.717, 1.165) is 0 Å². The number of pyridine rings is 1. The largest absolute Gasteiger partial charge is 0.468 e. The average Bonchev–Trinajstić information content (AvgIpc) is 2.88. The molecule has 0 unspecified atom stereocenters. The van der Waals surface area contributed by atoms with Gasteiger partial charge >= 0.3 is 12.1 Å². The third-order valence-electron chi connectivity index (χ3n) is 6.60. The molecule has 2 atom stereocenters. The summed E-state index contributed by atoms with van der Waals surface area (Å²) >= 11 is 6.77. The van der Waals surface area contributed by atoms with Crippen LogP contribution in [0.2, 0.25) is 5.02 Å². The fraction of sp³-hybridized carbons (Fsp3) is 0.548. The number of aromatic nitrogens is 1. The lowest BCUT2D eigenvalue weighted by atomic mass is 9.97. The Balaban J connectivity index is 2.12. The molecule has 3 rings (SSSR count). The third kappa shape index (κ3) is 8.56. The van der Waals surface area contributed by atoms with Crippen LogP contribution in [-0.4, -0.2) is 83.7 Å². The van der Waals surface area contributed by atoms with Gasteiger partial charge in [-0.1, -0.05) is 44.5 Å². The van der Waals surface area contributed by atoms with E-state index in [9.17, 15) is 14.0 Å². The number of anilines is 1. The molecule has 1 fully saturated rings. The van der Waals surface area contributed by atoms with Crippen molar-refractivity contribution in [2.75, 3.05) is 38.6 Å². The number of amidine groups is 1. The number of hydrogen-bond donors (Lipinski definition) is 1. The van der Waals surface area contributed by atoms with Crippen molar-refractivity contribution in [1.82, 2.24) is 14.8 Å². The quantitative estimate of drug-likeness (QED) is 0.237. The second kappa shape index (κ2) is 13.3. The van der Waals surface area contributed by atoms with Crippen molar-refractivity contribution in [2.24, 2.45) is 10.4 Å². The average molecular weight is 604 g/mol. The molecule has 2 heterocycles. The number of carbonyl (C=O) groups is 2. The number of aliphatic imine (C=N–C) groups is 1. The molecule has 0 aliphatic carbocycles. The molecule has 1 aromatic carbocycles. The predicted octanol–water partition coefficient (Wildman–Crippen LogP) is 6.25. The number of rotatable bonds is 6. The molecule has 1 aliphatic heterocycles. The Hall–Kier alpha value is -3.40. The highest BCUT2D eigenvalue weighted by atomic mass is 35.5. The summed E-state index contributed by atoms with van der Waals surface area (Å²) in [6, 6.07) is 7.59. The van der Waals surface area contributed by atoms with Gasteiger partial charge in [-0.05, 0) is 58.2 Å². The molecule has 2 aromatic rings.